The van der Waals surface area contributed by atoms with E-state index in [0.717, 1.165) is 40.9 Å². The van der Waals surface area contributed by atoms with E-state index in [1.54, 1.807) is 0 Å². The van der Waals surface area contributed by atoms with E-state index in [0.29, 0.717) is 0 Å². The minimum absolute atomic E-state index is 0.479. The molecule has 0 radical (unpaired) electrons. The molecule has 0 N–H and O–H groups in total. The Kier molecular flexibility index (Phi) is 14.1. The van der Waals surface area contributed by atoms with Gasteiger partial charge in [0.25, 0.3) is 0 Å². The quantitative estimate of drug-likeness (QED) is 0.227. The fraction of sp³-hybridized carbons (Fsp3) is 0.524. The lowest BCUT2D eigenvalue weighted by Gasteiger charge is -2.35. The second-order valence-electron chi connectivity index (χ2n) is 7.65. The molecule has 33 heavy (non-hydrogen) atoms. The molecule has 0 bridgehead atoms. The van der Waals surface area contributed by atoms with Crippen LogP contribution in [0.3, 0.4) is 0 Å². The average molecular weight is 505 g/mol. The van der Waals surface area contributed by atoms with Crippen molar-refractivity contribution in [2.45, 2.75) is 39.5 Å². The second-order valence-corrected chi connectivity index (χ2v) is 10.6. The highest BCUT2D eigenvalue weighted by Gasteiger charge is 2.38. The van der Waals surface area contributed by atoms with Gasteiger partial charge in [-0.05, 0) is 12.8 Å². The molecule has 0 saturated heterocycles. The lowest BCUT2D eigenvalue weighted by Crippen LogP contribution is -2.56. The molecule has 0 aromatic carbocycles. The fourth-order valence-electron chi connectivity index (χ4n) is 3.02. The maximum absolute atomic E-state index is 9.60. The Balaban J connectivity index is 0.000000605. The molecule has 2 heterocycles. The molecule has 188 valence electrons. The molecule has 0 amide bonds. The SMILES string of the molecule is C=CCS(=O)(=O)[O-].C=CCS(=O)(=O)[O-].CCCC[N+]1(C[N+]2(CCCC)C=CN=C2)C=CN=C1. The first-order valence-corrected chi connectivity index (χ1v) is 13.8. The van der Waals surface area contributed by atoms with Crippen LogP contribution in [0.2, 0.25) is 0 Å². The highest BCUT2D eigenvalue weighted by atomic mass is 32.2. The number of unbranched alkanes of at least 4 members (excludes halogenated alkanes) is 2. The van der Waals surface area contributed by atoms with Crippen molar-refractivity contribution in [2.24, 2.45) is 9.98 Å². The van der Waals surface area contributed by atoms with Crippen LogP contribution in [0.5, 0.6) is 0 Å². The Labute approximate surface area is 198 Å². The molecule has 0 spiro atoms. The summed E-state index contributed by atoms with van der Waals surface area (Å²) in [6.07, 6.45) is 19.5. The third kappa shape index (κ3) is 14.7. The molecule has 2 rings (SSSR count). The van der Waals surface area contributed by atoms with Crippen LogP contribution < -0.4 is 0 Å². The summed E-state index contributed by atoms with van der Waals surface area (Å²) in [5, 5.41) is 0. The van der Waals surface area contributed by atoms with Crippen molar-refractivity contribution in [1.82, 2.24) is 0 Å². The maximum atomic E-state index is 9.60. The van der Waals surface area contributed by atoms with Gasteiger partial charge in [0.1, 0.15) is 12.4 Å². The van der Waals surface area contributed by atoms with Crippen LogP contribution in [-0.2, 0) is 20.2 Å². The monoisotopic (exact) mass is 504 g/mol. The molecule has 2 unspecified atom stereocenters. The standard InChI is InChI=1S/C15H26N4.2C3H6O3S/c1-3-5-9-18(11-7-16-13-18)15-19(10-6-4-2)12-8-17-14-19;2*1-2-3-7(4,5)6/h7-8,11-14H,3-6,9-10,15H2,1-2H3;2*2H,1,3H2,(H,4,5,6)/q+2;;/p-2. The predicted molar refractivity (Wildman–Crippen MR) is 130 cm³/mol. The molecular weight excluding hydrogens is 468 g/mol. The van der Waals surface area contributed by atoms with Gasteiger partial charge in [-0.25, -0.2) is 35.8 Å². The molecular formula is C21H36N4O6S2. The number of hydrogen-bond acceptors (Lipinski definition) is 8. The number of rotatable bonds is 12. The predicted octanol–water partition coefficient (Wildman–Crippen LogP) is 2.64. The second kappa shape index (κ2) is 15.0. The van der Waals surface area contributed by atoms with Crippen molar-refractivity contribution in [1.29, 1.82) is 0 Å². The van der Waals surface area contributed by atoms with E-state index in [-0.39, 0.29) is 0 Å². The summed E-state index contributed by atoms with van der Waals surface area (Å²) in [5.74, 6) is -0.958. The van der Waals surface area contributed by atoms with E-state index in [1.165, 1.54) is 25.7 Å². The fourth-order valence-corrected chi connectivity index (χ4v) is 3.60. The van der Waals surface area contributed by atoms with E-state index in [4.69, 9.17) is 0 Å². The number of hydrogen-bond donors (Lipinski definition) is 0. The first-order chi connectivity index (χ1) is 15.4. The molecule has 2 aliphatic rings. The summed E-state index contributed by atoms with van der Waals surface area (Å²) in [5.41, 5.74) is 0. The van der Waals surface area contributed by atoms with Crippen LogP contribution in [-0.4, -0.2) is 78.8 Å². The first-order valence-electron chi connectivity index (χ1n) is 10.6. The van der Waals surface area contributed by atoms with Gasteiger partial charge in [-0.3, -0.25) is 0 Å². The molecule has 0 fully saturated rings. The summed E-state index contributed by atoms with van der Waals surface area (Å²) < 4.78 is 59.3. The Morgan fingerprint density at radius 3 is 1.33 bits per heavy atom. The van der Waals surface area contributed by atoms with Gasteiger partial charge in [0.2, 0.25) is 6.67 Å². The normalized spacial score (nSPS) is 22.9. The Morgan fingerprint density at radius 1 is 0.788 bits per heavy atom. The molecule has 12 heteroatoms. The Bertz CT molecular complexity index is 838. The molecule has 0 saturated carbocycles. The van der Waals surface area contributed by atoms with E-state index >= 15 is 0 Å². The maximum Gasteiger partial charge on any atom is 0.227 e. The zero-order chi connectivity index (χ0) is 25.4. The zero-order valence-electron chi connectivity index (χ0n) is 19.5. The van der Waals surface area contributed by atoms with Crippen molar-refractivity contribution in [3.63, 3.8) is 0 Å². The molecule has 0 aromatic rings. The van der Waals surface area contributed by atoms with E-state index in [1.807, 2.05) is 12.4 Å². The summed E-state index contributed by atoms with van der Waals surface area (Å²) in [6, 6.07) is 0. The van der Waals surface area contributed by atoms with Crippen molar-refractivity contribution < 1.29 is 34.9 Å². The number of nitrogens with zero attached hydrogens (tertiary/aromatic N) is 4. The molecule has 0 aliphatic carbocycles. The van der Waals surface area contributed by atoms with Crippen molar-refractivity contribution >= 4 is 32.9 Å². The van der Waals surface area contributed by atoms with Crippen LogP contribution in [0.4, 0.5) is 0 Å². The van der Waals surface area contributed by atoms with Crippen LogP contribution in [0.25, 0.3) is 0 Å². The van der Waals surface area contributed by atoms with Gasteiger partial charge in [0, 0.05) is 0 Å². The van der Waals surface area contributed by atoms with Gasteiger partial charge in [-0.1, -0.05) is 38.8 Å². The van der Waals surface area contributed by atoms with E-state index < -0.39 is 31.7 Å². The van der Waals surface area contributed by atoms with Crippen molar-refractivity contribution in [3.8, 4) is 0 Å². The van der Waals surface area contributed by atoms with Crippen LogP contribution in [0, 0.1) is 0 Å². The van der Waals surface area contributed by atoms with E-state index in [2.05, 4.69) is 62.1 Å². The van der Waals surface area contributed by atoms with Crippen LogP contribution in [0.15, 0.2) is 60.1 Å². The lowest BCUT2D eigenvalue weighted by atomic mass is 10.2. The third-order valence-electron chi connectivity index (χ3n) is 4.52. The Hall–Kier alpha value is -1.96. The van der Waals surface area contributed by atoms with Crippen LogP contribution in [0.1, 0.15) is 39.5 Å². The van der Waals surface area contributed by atoms with E-state index in [9.17, 15) is 25.9 Å². The topological polar surface area (TPSA) is 139 Å². The van der Waals surface area contributed by atoms with Gasteiger partial charge in [0.05, 0.1) is 57.2 Å². The minimum Gasteiger partial charge on any atom is -0.748 e. The van der Waals surface area contributed by atoms with Crippen molar-refractivity contribution in [3.05, 3.63) is 50.1 Å². The molecule has 2 aliphatic heterocycles. The first kappa shape index (κ1) is 31.0. The van der Waals surface area contributed by atoms with Gasteiger partial charge in [-0.2, -0.15) is 0 Å². The average Bonchev–Trinajstić information content (AvgIpc) is 3.35. The lowest BCUT2D eigenvalue weighted by molar-refractivity contribution is -0.968. The molecule has 0 aromatic heterocycles. The van der Waals surface area contributed by atoms with Crippen LogP contribution >= 0.6 is 0 Å². The summed E-state index contributed by atoms with van der Waals surface area (Å²) >= 11 is 0. The third-order valence-corrected chi connectivity index (χ3v) is 5.81. The number of quaternary nitrogens is 2. The summed E-state index contributed by atoms with van der Waals surface area (Å²) in [7, 11) is -8.08. The minimum atomic E-state index is -4.04. The summed E-state index contributed by atoms with van der Waals surface area (Å²) in [6.45, 7) is 13.9. The molecule has 10 nitrogen and oxygen atoms in total. The van der Waals surface area contributed by atoms with Gasteiger partial charge in [-0.15, -0.1) is 13.2 Å². The highest BCUT2D eigenvalue weighted by molar-refractivity contribution is 7.86. The van der Waals surface area contributed by atoms with Gasteiger partial charge in [0.15, 0.2) is 12.7 Å². The van der Waals surface area contributed by atoms with Gasteiger partial charge >= 0.3 is 0 Å². The largest absolute Gasteiger partial charge is 0.748 e. The smallest absolute Gasteiger partial charge is 0.227 e. The zero-order valence-corrected chi connectivity index (χ0v) is 21.1. The van der Waals surface area contributed by atoms with Crippen molar-refractivity contribution in [2.75, 3.05) is 31.3 Å². The van der Waals surface area contributed by atoms with Gasteiger partial charge < -0.3 is 9.11 Å². The number of aliphatic imine (C=N–C) groups is 2. The summed E-state index contributed by atoms with van der Waals surface area (Å²) in [4.78, 5) is 8.66. The highest BCUT2D eigenvalue weighted by Crippen LogP contribution is 2.22. The molecule has 2 atom stereocenters. The Morgan fingerprint density at radius 2 is 1.15 bits per heavy atom.